The van der Waals surface area contributed by atoms with Gasteiger partial charge in [0.1, 0.15) is 5.75 Å². The molecular weight excluding hydrogens is 212 g/mol. The Labute approximate surface area is 93.6 Å². The Bertz CT molecular complexity index is 303. The minimum Gasteiger partial charge on any atom is -0.492 e. The molecule has 2 rings (SSSR count). The van der Waals surface area contributed by atoms with Crippen LogP contribution in [-0.2, 0) is 6.42 Å². The summed E-state index contributed by atoms with van der Waals surface area (Å²) in [5.41, 5.74) is 1.41. The quantitative estimate of drug-likeness (QED) is 0.715. The third kappa shape index (κ3) is 1.75. The van der Waals surface area contributed by atoms with Crippen molar-refractivity contribution in [2.45, 2.75) is 22.6 Å². The van der Waals surface area contributed by atoms with E-state index in [1.165, 1.54) is 21.8 Å². The highest BCUT2D eigenvalue weighted by molar-refractivity contribution is 7.99. The van der Waals surface area contributed by atoms with Crippen molar-refractivity contribution < 1.29 is 4.74 Å². The second-order valence-electron chi connectivity index (χ2n) is 3.23. The van der Waals surface area contributed by atoms with Gasteiger partial charge in [-0.25, -0.2) is 0 Å². The van der Waals surface area contributed by atoms with Gasteiger partial charge in [-0.3, -0.25) is 0 Å². The van der Waals surface area contributed by atoms with E-state index in [2.05, 4.69) is 24.6 Å². The Morgan fingerprint density at radius 2 is 1.86 bits per heavy atom. The number of hydrogen-bond donors (Lipinski definition) is 0. The van der Waals surface area contributed by atoms with Gasteiger partial charge in [0.05, 0.1) is 6.61 Å². The topological polar surface area (TPSA) is 9.23 Å². The molecule has 0 N–H and O–H groups in total. The maximum atomic E-state index is 5.75. The fraction of sp³-hybridized carbons (Fsp3) is 0.455. The molecule has 0 aliphatic carbocycles. The molecule has 0 unspecified atom stereocenters. The third-order valence-electron chi connectivity index (χ3n) is 2.44. The minimum absolute atomic E-state index is 0.873. The average molecular weight is 226 g/mol. The van der Waals surface area contributed by atoms with E-state index in [9.17, 15) is 0 Å². The highest BCUT2D eigenvalue weighted by atomic mass is 32.2. The number of benzene rings is 1. The summed E-state index contributed by atoms with van der Waals surface area (Å²) in [6, 6.07) is 4.38. The molecule has 0 amide bonds. The first-order chi connectivity index (χ1) is 6.86. The fourth-order valence-electron chi connectivity index (χ4n) is 1.76. The Hall–Kier alpha value is -0.280. The number of fused-ring (bicyclic) bond motifs is 1. The van der Waals surface area contributed by atoms with E-state index in [-0.39, 0.29) is 0 Å². The Morgan fingerprint density at radius 3 is 2.57 bits per heavy atom. The van der Waals surface area contributed by atoms with Gasteiger partial charge in [-0.05, 0) is 37.5 Å². The Kier molecular flexibility index (Phi) is 3.29. The minimum atomic E-state index is 0.873. The van der Waals surface area contributed by atoms with Gasteiger partial charge in [-0.2, -0.15) is 0 Å². The van der Waals surface area contributed by atoms with Crippen molar-refractivity contribution in [2.24, 2.45) is 0 Å². The lowest BCUT2D eigenvalue weighted by Gasteiger charge is -2.21. The van der Waals surface area contributed by atoms with E-state index < -0.39 is 0 Å². The standard InChI is InChI=1S/C11H14OS2/c1-13-9-5-6-10(14-2)11-8(9)4-3-7-12-11/h5-6H,3-4,7H2,1-2H3. The zero-order valence-electron chi connectivity index (χ0n) is 8.50. The van der Waals surface area contributed by atoms with Crippen LogP contribution in [0.5, 0.6) is 5.75 Å². The SMILES string of the molecule is CSc1ccc(SC)c2c1CCCO2. The molecule has 0 saturated carbocycles. The van der Waals surface area contributed by atoms with E-state index in [1.807, 2.05) is 11.8 Å². The predicted molar refractivity (Wildman–Crippen MR) is 63.8 cm³/mol. The maximum Gasteiger partial charge on any atom is 0.137 e. The highest BCUT2D eigenvalue weighted by Gasteiger charge is 2.17. The van der Waals surface area contributed by atoms with Gasteiger partial charge in [0.15, 0.2) is 0 Å². The first kappa shape index (κ1) is 10.2. The van der Waals surface area contributed by atoms with Crippen LogP contribution < -0.4 is 4.74 Å². The van der Waals surface area contributed by atoms with E-state index in [0.717, 1.165) is 18.8 Å². The molecule has 1 aromatic carbocycles. The molecule has 76 valence electrons. The largest absolute Gasteiger partial charge is 0.492 e. The lowest BCUT2D eigenvalue weighted by atomic mass is 10.1. The Morgan fingerprint density at radius 1 is 1.14 bits per heavy atom. The van der Waals surface area contributed by atoms with Crippen LogP contribution in [0, 0.1) is 0 Å². The van der Waals surface area contributed by atoms with Gasteiger partial charge in [-0.1, -0.05) is 0 Å². The van der Waals surface area contributed by atoms with E-state index in [1.54, 1.807) is 11.8 Å². The van der Waals surface area contributed by atoms with Crippen LogP contribution in [0.1, 0.15) is 12.0 Å². The molecule has 0 atom stereocenters. The molecule has 0 saturated heterocycles. The molecule has 1 aromatic rings. The zero-order valence-corrected chi connectivity index (χ0v) is 10.1. The molecule has 0 spiro atoms. The molecule has 1 heterocycles. The molecule has 1 aliphatic rings. The number of hydrogen-bond acceptors (Lipinski definition) is 3. The summed E-state index contributed by atoms with van der Waals surface area (Å²) in [5, 5.41) is 0. The molecule has 0 fully saturated rings. The van der Waals surface area contributed by atoms with Crippen LogP contribution in [0.2, 0.25) is 0 Å². The van der Waals surface area contributed by atoms with Crippen molar-refractivity contribution in [2.75, 3.05) is 19.1 Å². The summed E-state index contributed by atoms with van der Waals surface area (Å²) in [7, 11) is 0. The van der Waals surface area contributed by atoms with Gasteiger partial charge in [0.2, 0.25) is 0 Å². The van der Waals surface area contributed by atoms with Crippen LogP contribution >= 0.6 is 23.5 Å². The highest BCUT2D eigenvalue weighted by Crippen LogP contribution is 2.39. The van der Waals surface area contributed by atoms with Crippen molar-refractivity contribution in [3.8, 4) is 5.75 Å². The maximum absolute atomic E-state index is 5.75. The predicted octanol–water partition coefficient (Wildman–Crippen LogP) is 3.46. The van der Waals surface area contributed by atoms with E-state index in [0.29, 0.717) is 0 Å². The molecule has 1 nitrogen and oxygen atoms in total. The van der Waals surface area contributed by atoms with Crippen molar-refractivity contribution in [1.82, 2.24) is 0 Å². The second kappa shape index (κ2) is 4.49. The molecule has 14 heavy (non-hydrogen) atoms. The number of rotatable bonds is 2. The van der Waals surface area contributed by atoms with Gasteiger partial charge in [0.25, 0.3) is 0 Å². The van der Waals surface area contributed by atoms with Crippen molar-refractivity contribution >= 4 is 23.5 Å². The third-order valence-corrected chi connectivity index (χ3v) is 4.02. The monoisotopic (exact) mass is 226 g/mol. The summed E-state index contributed by atoms with van der Waals surface area (Å²) in [6.07, 6.45) is 6.55. The normalized spacial score (nSPS) is 14.7. The fourth-order valence-corrected chi connectivity index (χ4v) is 2.98. The van der Waals surface area contributed by atoms with E-state index in [4.69, 9.17) is 4.74 Å². The molecule has 0 aromatic heterocycles. The average Bonchev–Trinajstić information content (AvgIpc) is 2.27. The van der Waals surface area contributed by atoms with Crippen LogP contribution in [-0.4, -0.2) is 19.1 Å². The van der Waals surface area contributed by atoms with Crippen molar-refractivity contribution in [3.05, 3.63) is 17.7 Å². The Balaban J connectivity index is 2.50. The first-order valence-electron chi connectivity index (χ1n) is 4.73. The zero-order chi connectivity index (χ0) is 9.97. The number of ether oxygens (including phenoxy) is 1. The summed E-state index contributed by atoms with van der Waals surface area (Å²) < 4.78 is 5.75. The van der Waals surface area contributed by atoms with Crippen LogP contribution in [0.25, 0.3) is 0 Å². The molecule has 0 bridgehead atoms. The van der Waals surface area contributed by atoms with Crippen molar-refractivity contribution in [1.29, 1.82) is 0 Å². The van der Waals surface area contributed by atoms with Gasteiger partial charge in [0, 0.05) is 15.4 Å². The van der Waals surface area contributed by atoms with Crippen LogP contribution in [0.4, 0.5) is 0 Å². The van der Waals surface area contributed by atoms with E-state index >= 15 is 0 Å². The van der Waals surface area contributed by atoms with Gasteiger partial charge in [-0.15, -0.1) is 23.5 Å². The molecular formula is C11H14OS2. The first-order valence-corrected chi connectivity index (χ1v) is 7.18. The van der Waals surface area contributed by atoms with Gasteiger partial charge < -0.3 is 4.74 Å². The smallest absolute Gasteiger partial charge is 0.137 e. The molecule has 1 aliphatic heterocycles. The van der Waals surface area contributed by atoms with Crippen molar-refractivity contribution in [3.63, 3.8) is 0 Å². The van der Waals surface area contributed by atoms with Crippen LogP contribution in [0.15, 0.2) is 21.9 Å². The lowest BCUT2D eigenvalue weighted by molar-refractivity contribution is 0.279. The summed E-state index contributed by atoms with van der Waals surface area (Å²) >= 11 is 3.58. The lowest BCUT2D eigenvalue weighted by Crippen LogP contribution is -2.10. The number of thioether (sulfide) groups is 2. The van der Waals surface area contributed by atoms with Gasteiger partial charge >= 0.3 is 0 Å². The summed E-state index contributed by atoms with van der Waals surface area (Å²) in [4.78, 5) is 2.65. The molecule has 0 radical (unpaired) electrons. The summed E-state index contributed by atoms with van der Waals surface area (Å²) in [5.74, 6) is 1.13. The summed E-state index contributed by atoms with van der Waals surface area (Å²) in [6.45, 7) is 0.873. The second-order valence-corrected chi connectivity index (χ2v) is 4.93. The van der Waals surface area contributed by atoms with Crippen LogP contribution in [0.3, 0.4) is 0 Å². The molecule has 3 heteroatoms.